The maximum atomic E-state index is 14.1. The molecule has 4 nitrogen and oxygen atoms in total. The second-order valence-corrected chi connectivity index (χ2v) is 8.69. The van der Waals surface area contributed by atoms with Crippen LogP contribution in [0, 0.1) is 18.2 Å². The molecule has 154 valence electrons. The van der Waals surface area contributed by atoms with Crippen molar-refractivity contribution in [3.05, 3.63) is 71.5 Å². The van der Waals surface area contributed by atoms with E-state index in [1.165, 1.54) is 17.0 Å². The predicted octanol–water partition coefficient (Wildman–Crippen LogP) is 4.70. The van der Waals surface area contributed by atoms with E-state index >= 15 is 0 Å². The minimum Gasteiger partial charge on any atom is -0.355 e. The van der Waals surface area contributed by atoms with Crippen LogP contribution in [0.4, 0.5) is 10.2 Å². The van der Waals surface area contributed by atoms with E-state index in [-0.39, 0.29) is 17.1 Å². The summed E-state index contributed by atoms with van der Waals surface area (Å²) in [5, 5.41) is 1.17. The van der Waals surface area contributed by atoms with Gasteiger partial charge in [0.15, 0.2) is 0 Å². The van der Waals surface area contributed by atoms with Crippen molar-refractivity contribution >= 4 is 22.6 Å². The molecular formula is C25H26FN3O. The number of hydrogen-bond acceptors (Lipinski definition) is 3. The molecule has 2 aliphatic heterocycles. The molecule has 0 radical (unpaired) electrons. The molecule has 0 saturated carbocycles. The van der Waals surface area contributed by atoms with Crippen LogP contribution in [-0.2, 0) is 11.3 Å². The number of anilines is 1. The third kappa shape index (κ3) is 3.22. The normalized spacial score (nSPS) is 21.7. The number of aryl methyl sites for hydroxylation is 1. The first-order valence-corrected chi connectivity index (χ1v) is 10.7. The summed E-state index contributed by atoms with van der Waals surface area (Å²) in [5.41, 5.74) is 2.40. The second kappa shape index (κ2) is 7.38. The van der Waals surface area contributed by atoms with Gasteiger partial charge in [-0.1, -0.05) is 36.4 Å². The molecule has 1 spiro atoms. The van der Waals surface area contributed by atoms with Crippen molar-refractivity contribution in [3.63, 3.8) is 0 Å². The highest BCUT2D eigenvalue weighted by molar-refractivity contribution is 5.86. The van der Waals surface area contributed by atoms with Gasteiger partial charge >= 0.3 is 0 Å². The smallest absolute Gasteiger partial charge is 0.230 e. The third-order valence-electron chi connectivity index (χ3n) is 6.73. The molecular weight excluding hydrogens is 377 g/mol. The van der Waals surface area contributed by atoms with Crippen LogP contribution in [0.5, 0.6) is 0 Å². The summed E-state index contributed by atoms with van der Waals surface area (Å²) in [5.74, 6) is 0.868. The number of aromatic nitrogens is 1. The Hall–Kier alpha value is -2.95. The Labute approximate surface area is 176 Å². The highest BCUT2D eigenvalue weighted by atomic mass is 19.1. The quantitative estimate of drug-likeness (QED) is 0.636. The Balaban J connectivity index is 1.38. The van der Waals surface area contributed by atoms with E-state index in [2.05, 4.69) is 24.0 Å². The molecule has 3 aromatic rings. The van der Waals surface area contributed by atoms with Crippen LogP contribution in [0.3, 0.4) is 0 Å². The average Bonchev–Trinajstić information content (AvgIpc) is 3.18. The summed E-state index contributed by atoms with van der Waals surface area (Å²) in [4.78, 5) is 22.5. The van der Waals surface area contributed by atoms with Crippen molar-refractivity contribution in [1.82, 2.24) is 9.88 Å². The second-order valence-electron chi connectivity index (χ2n) is 8.69. The number of fused-ring (bicyclic) bond motifs is 1. The van der Waals surface area contributed by atoms with E-state index in [4.69, 9.17) is 4.98 Å². The Morgan fingerprint density at radius 2 is 1.87 bits per heavy atom. The summed E-state index contributed by atoms with van der Waals surface area (Å²) in [6.07, 6.45) is 2.67. The van der Waals surface area contributed by atoms with Crippen molar-refractivity contribution in [1.29, 1.82) is 0 Å². The Kier molecular flexibility index (Phi) is 4.69. The molecule has 5 heteroatoms. The first kappa shape index (κ1) is 19.0. The van der Waals surface area contributed by atoms with Crippen molar-refractivity contribution in [2.45, 2.75) is 32.7 Å². The standard InChI is InChI=1S/C25H26FN3O/c1-18-15-23(27-22-10-5-3-8-20(18)22)29-14-12-25(17-29)11-6-13-28(24(25)30)16-19-7-2-4-9-21(19)26/h2-5,7-10,15H,6,11-14,16-17H2,1H3/t25-/m0/s1. The van der Waals surface area contributed by atoms with E-state index in [1.807, 2.05) is 29.2 Å². The van der Waals surface area contributed by atoms with E-state index in [1.54, 1.807) is 12.1 Å². The molecule has 2 aliphatic rings. The minimum absolute atomic E-state index is 0.164. The van der Waals surface area contributed by atoms with Gasteiger partial charge in [0.05, 0.1) is 10.9 Å². The zero-order valence-electron chi connectivity index (χ0n) is 17.3. The SMILES string of the molecule is Cc1cc(N2CC[C@@]3(CCCN(Cc4ccccc4F)C3=O)C2)nc2ccccc12. The number of rotatable bonds is 3. The number of hydrogen-bond donors (Lipinski definition) is 0. The molecule has 1 amide bonds. The number of nitrogens with zero attached hydrogens (tertiary/aromatic N) is 3. The molecule has 5 rings (SSSR count). The molecule has 2 aromatic carbocycles. The fourth-order valence-corrected chi connectivity index (χ4v) is 5.08. The molecule has 0 bridgehead atoms. The topological polar surface area (TPSA) is 36.4 Å². The van der Waals surface area contributed by atoms with Gasteiger partial charge in [-0.3, -0.25) is 4.79 Å². The van der Waals surface area contributed by atoms with Gasteiger partial charge in [0.1, 0.15) is 11.6 Å². The van der Waals surface area contributed by atoms with Crippen LogP contribution in [0.25, 0.3) is 10.9 Å². The van der Waals surface area contributed by atoms with Crippen molar-refractivity contribution in [2.75, 3.05) is 24.5 Å². The van der Waals surface area contributed by atoms with Gasteiger partial charge in [-0.15, -0.1) is 0 Å². The lowest BCUT2D eigenvalue weighted by Crippen LogP contribution is -2.49. The molecule has 3 heterocycles. The van der Waals surface area contributed by atoms with Crippen molar-refractivity contribution in [2.24, 2.45) is 5.41 Å². The highest BCUT2D eigenvalue weighted by Gasteiger charge is 2.48. The molecule has 2 fully saturated rings. The minimum atomic E-state index is -0.384. The zero-order chi connectivity index (χ0) is 20.7. The van der Waals surface area contributed by atoms with Crippen LogP contribution in [0.2, 0.25) is 0 Å². The number of likely N-dealkylation sites (tertiary alicyclic amines) is 1. The van der Waals surface area contributed by atoms with E-state index in [9.17, 15) is 9.18 Å². The van der Waals surface area contributed by atoms with Gasteiger partial charge < -0.3 is 9.80 Å². The van der Waals surface area contributed by atoms with Crippen LogP contribution >= 0.6 is 0 Å². The number of halogens is 1. The number of carbonyl (C=O) groups excluding carboxylic acids is 1. The molecule has 1 aromatic heterocycles. The Morgan fingerprint density at radius 3 is 2.73 bits per heavy atom. The summed E-state index contributed by atoms with van der Waals surface area (Å²) in [6.45, 7) is 4.67. The van der Waals surface area contributed by atoms with Gasteiger partial charge in [0.2, 0.25) is 5.91 Å². The van der Waals surface area contributed by atoms with Gasteiger partial charge in [-0.25, -0.2) is 9.37 Å². The summed E-state index contributed by atoms with van der Waals surface area (Å²) < 4.78 is 14.1. The number of benzene rings is 2. The maximum absolute atomic E-state index is 14.1. The van der Waals surface area contributed by atoms with Crippen LogP contribution in [0.15, 0.2) is 54.6 Å². The number of amides is 1. The van der Waals surface area contributed by atoms with Crippen LogP contribution in [0.1, 0.15) is 30.4 Å². The lowest BCUT2D eigenvalue weighted by molar-refractivity contribution is -0.145. The lowest BCUT2D eigenvalue weighted by atomic mass is 9.78. The summed E-state index contributed by atoms with van der Waals surface area (Å²) >= 11 is 0. The number of carbonyl (C=O) groups is 1. The fourth-order valence-electron chi connectivity index (χ4n) is 5.08. The molecule has 2 saturated heterocycles. The van der Waals surface area contributed by atoms with Crippen molar-refractivity contribution < 1.29 is 9.18 Å². The molecule has 30 heavy (non-hydrogen) atoms. The van der Waals surface area contributed by atoms with Gasteiger partial charge in [-0.2, -0.15) is 0 Å². The van der Waals surface area contributed by atoms with E-state index in [0.29, 0.717) is 25.2 Å². The largest absolute Gasteiger partial charge is 0.355 e. The first-order valence-electron chi connectivity index (χ1n) is 10.7. The lowest BCUT2D eigenvalue weighted by Gasteiger charge is -2.39. The monoisotopic (exact) mass is 403 g/mol. The summed E-state index contributed by atoms with van der Waals surface area (Å²) in [7, 11) is 0. The summed E-state index contributed by atoms with van der Waals surface area (Å²) in [6, 6.07) is 17.1. The zero-order valence-corrected chi connectivity index (χ0v) is 17.3. The van der Waals surface area contributed by atoms with Gasteiger partial charge in [0, 0.05) is 37.1 Å². The predicted molar refractivity (Wildman–Crippen MR) is 117 cm³/mol. The Morgan fingerprint density at radius 1 is 1.07 bits per heavy atom. The average molecular weight is 404 g/mol. The van der Waals surface area contributed by atoms with Crippen molar-refractivity contribution in [3.8, 4) is 0 Å². The molecule has 0 N–H and O–H groups in total. The van der Waals surface area contributed by atoms with Crippen LogP contribution in [-0.4, -0.2) is 35.4 Å². The number of pyridine rings is 1. The van der Waals surface area contributed by atoms with E-state index < -0.39 is 0 Å². The molecule has 1 atom stereocenters. The molecule has 0 unspecified atom stereocenters. The molecule has 0 aliphatic carbocycles. The highest BCUT2D eigenvalue weighted by Crippen LogP contribution is 2.42. The van der Waals surface area contributed by atoms with Crippen LogP contribution < -0.4 is 4.90 Å². The number of piperidine rings is 1. The third-order valence-corrected chi connectivity index (χ3v) is 6.73. The fraction of sp³-hybridized carbons (Fsp3) is 0.360. The van der Waals surface area contributed by atoms with E-state index in [0.717, 1.165) is 37.1 Å². The maximum Gasteiger partial charge on any atom is 0.230 e. The number of para-hydroxylation sites is 1. The first-order chi connectivity index (χ1) is 14.6. The van der Waals surface area contributed by atoms with Gasteiger partial charge in [0.25, 0.3) is 0 Å². The van der Waals surface area contributed by atoms with Gasteiger partial charge in [-0.05, 0) is 49.9 Å². The Bertz CT molecular complexity index is 1110.